The molecule has 1 aliphatic carbocycles. The minimum Gasteiger partial charge on any atom is -0.319 e. The fraction of sp³-hybridized carbons (Fsp3) is 0.412. The van der Waals surface area contributed by atoms with E-state index in [0.717, 1.165) is 6.54 Å². The number of hydrogen-bond donors (Lipinski definition) is 1. The zero-order valence-electron chi connectivity index (χ0n) is 11.3. The van der Waals surface area contributed by atoms with Gasteiger partial charge in [-0.05, 0) is 43.1 Å². The third-order valence-corrected chi connectivity index (χ3v) is 4.43. The number of hydrogen-bond acceptors (Lipinski definition) is 1. The van der Waals surface area contributed by atoms with Crippen molar-refractivity contribution in [3.63, 3.8) is 0 Å². The number of aryl methyl sites for hydroxylation is 1. The molecule has 1 saturated carbocycles. The highest BCUT2D eigenvalue weighted by Gasteiger charge is 2.37. The summed E-state index contributed by atoms with van der Waals surface area (Å²) in [6, 6.07) is 13.7. The molecule has 0 amide bonds. The molecule has 3 rings (SSSR count). The number of likely N-dealkylation sites (N-methyl/N-ethyl adjacent to an activating group) is 1. The van der Waals surface area contributed by atoms with E-state index in [1.165, 1.54) is 41.2 Å². The van der Waals surface area contributed by atoms with E-state index in [1.54, 1.807) is 0 Å². The van der Waals surface area contributed by atoms with Gasteiger partial charge in [0.2, 0.25) is 0 Å². The minimum atomic E-state index is 0.397. The highest BCUT2D eigenvalue weighted by molar-refractivity contribution is 5.84. The lowest BCUT2D eigenvalue weighted by Crippen LogP contribution is -2.42. The summed E-state index contributed by atoms with van der Waals surface area (Å²) in [5.74, 6) is 0. The van der Waals surface area contributed by atoms with Crippen LogP contribution >= 0.6 is 0 Å². The zero-order chi connectivity index (χ0) is 12.6. The minimum absolute atomic E-state index is 0.397. The van der Waals surface area contributed by atoms with Crippen LogP contribution in [0.4, 0.5) is 0 Å². The Kier molecular flexibility index (Phi) is 2.87. The second kappa shape index (κ2) is 4.40. The van der Waals surface area contributed by atoms with Gasteiger partial charge in [-0.2, -0.15) is 0 Å². The molecule has 1 heteroatoms. The summed E-state index contributed by atoms with van der Waals surface area (Å²) in [4.78, 5) is 0. The Morgan fingerprint density at radius 1 is 1.06 bits per heavy atom. The van der Waals surface area contributed by atoms with Gasteiger partial charge in [0, 0.05) is 12.0 Å². The topological polar surface area (TPSA) is 12.0 Å². The van der Waals surface area contributed by atoms with E-state index in [9.17, 15) is 0 Å². The monoisotopic (exact) mass is 239 g/mol. The van der Waals surface area contributed by atoms with Crippen molar-refractivity contribution in [1.29, 1.82) is 0 Å². The summed E-state index contributed by atoms with van der Waals surface area (Å²) in [5, 5.41) is 6.10. The Morgan fingerprint density at radius 2 is 1.78 bits per heavy atom. The fourth-order valence-corrected chi connectivity index (χ4v) is 3.20. The van der Waals surface area contributed by atoms with Gasteiger partial charge in [0.1, 0.15) is 0 Å². The molecule has 0 unspecified atom stereocenters. The van der Waals surface area contributed by atoms with Crippen molar-refractivity contribution in [3.8, 4) is 0 Å². The molecular formula is C17H21N. The van der Waals surface area contributed by atoms with Crippen molar-refractivity contribution in [2.24, 2.45) is 0 Å². The fourth-order valence-electron chi connectivity index (χ4n) is 3.20. The molecule has 0 bridgehead atoms. The summed E-state index contributed by atoms with van der Waals surface area (Å²) in [7, 11) is 2.06. The number of rotatable bonds is 3. The molecule has 0 aliphatic heterocycles. The molecular weight excluding hydrogens is 218 g/mol. The van der Waals surface area contributed by atoms with Crippen LogP contribution in [0.15, 0.2) is 36.4 Å². The normalized spacial score (nSPS) is 17.7. The van der Waals surface area contributed by atoms with Gasteiger partial charge >= 0.3 is 0 Å². The Bertz CT molecular complexity index is 567. The van der Waals surface area contributed by atoms with E-state index in [1.807, 2.05) is 0 Å². The van der Waals surface area contributed by atoms with E-state index in [2.05, 4.69) is 55.7 Å². The van der Waals surface area contributed by atoms with Gasteiger partial charge < -0.3 is 5.32 Å². The van der Waals surface area contributed by atoms with Crippen molar-refractivity contribution < 1.29 is 0 Å². The second-order valence-corrected chi connectivity index (χ2v) is 5.73. The average molecular weight is 239 g/mol. The van der Waals surface area contributed by atoms with Crippen molar-refractivity contribution in [1.82, 2.24) is 5.32 Å². The quantitative estimate of drug-likeness (QED) is 0.859. The lowest BCUT2D eigenvalue weighted by molar-refractivity contribution is 0.239. The molecule has 0 atom stereocenters. The number of benzene rings is 2. The van der Waals surface area contributed by atoms with Gasteiger partial charge in [-0.15, -0.1) is 0 Å². The highest BCUT2D eigenvalue weighted by atomic mass is 14.8. The Balaban J connectivity index is 2.05. The van der Waals surface area contributed by atoms with Gasteiger partial charge in [-0.25, -0.2) is 0 Å². The van der Waals surface area contributed by atoms with Crippen LogP contribution in [0.3, 0.4) is 0 Å². The van der Waals surface area contributed by atoms with Crippen LogP contribution in [0.1, 0.15) is 30.4 Å². The maximum absolute atomic E-state index is 3.37. The molecule has 1 fully saturated rings. The Labute approximate surface area is 109 Å². The number of nitrogens with one attached hydrogen (secondary N) is 1. The van der Waals surface area contributed by atoms with Gasteiger partial charge in [0.15, 0.2) is 0 Å². The molecule has 0 aromatic heterocycles. The smallest absolute Gasteiger partial charge is 0.00779 e. The van der Waals surface area contributed by atoms with E-state index >= 15 is 0 Å². The van der Waals surface area contributed by atoms with Crippen LogP contribution in [-0.4, -0.2) is 13.6 Å². The van der Waals surface area contributed by atoms with Crippen LogP contribution < -0.4 is 5.32 Å². The lowest BCUT2D eigenvalue weighted by Gasteiger charge is -2.42. The summed E-state index contributed by atoms with van der Waals surface area (Å²) >= 11 is 0. The maximum atomic E-state index is 3.37. The Morgan fingerprint density at radius 3 is 2.44 bits per heavy atom. The molecule has 1 aliphatic rings. The van der Waals surface area contributed by atoms with Crippen LogP contribution in [0.5, 0.6) is 0 Å². The van der Waals surface area contributed by atoms with E-state index in [0.29, 0.717) is 5.41 Å². The van der Waals surface area contributed by atoms with Crippen LogP contribution in [0.2, 0.25) is 0 Å². The first-order valence-electron chi connectivity index (χ1n) is 6.89. The predicted octanol–water partition coefficient (Wildman–Crippen LogP) is 3.79. The van der Waals surface area contributed by atoms with Crippen molar-refractivity contribution in [2.75, 3.05) is 13.6 Å². The molecule has 1 N–H and O–H groups in total. The first-order chi connectivity index (χ1) is 8.73. The SMILES string of the molecule is CNCC1(c2ccc3cc(C)ccc3c2)CCC1. The molecule has 2 aromatic carbocycles. The van der Waals surface area contributed by atoms with Crippen LogP contribution in [-0.2, 0) is 5.41 Å². The molecule has 94 valence electrons. The molecule has 1 nitrogen and oxygen atoms in total. The lowest BCUT2D eigenvalue weighted by atomic mass is 9.64. The van der Waals surface area contributed by atoms with Crippen molar-refractivity contribution in [2.45, 2.75) is 31.6 Å². The first kappa shape index (κ1) is 11.7. The summed E-state index contributed by atoms with van der Waals surface area (Å²) in [6.45, 7) is 3.26. The Hall–Kier alpha value is -1.34. The summed E-state index contributed by atoms with van der Waals surface area (Å²) < 4.78 is 0. The van der Waals surface area contributed by atoms with Gasteiger partial charge in [-0.1, -0.05) is 48.4 Å². The molecule has 18 heavy (non-hydrogen) atoms. The third kappa shape index (κ3) is 1.83. The highest BCUT2D eigenvalue weighted by Crippen LogP contribution is 2.43. The maximum Gasteiger partial charge on any atom is 0.00779 e. The molecule has 0 radical (unpaired) electrons. The third-order valence-electron chi connectivity index (χ3n) is 4.43. The molecule has 0 saturated heterocycles. The second-order valence-electron chi connectivity index (χ2n) is 5.73. The first-order valence-corrected chi connectivity index (χ1v) is 6.89. The molecule has 0 spiro atoms. The van der Waals surface area contributed by atoms with Gasteiger partial charge in [0.05, 0.1) is 0 Å². The summed E-state index contributed by atoms with van der Waals surface area (Å²) in [5.41, 5.74) is 3.25. The number of fused-ring (bicyclic) bond motifs is 1. The molecule has 2 aromatic rings. The van der Waals surface area contributed by atoms with Crippen LogP contribution in [0.25, 0.3) is 10.8 Å². The summed E-state index contributed by atoms with van der Waals surface area (Å²) in [6.07, 6.45) is 4.02. The van der Waals surface area contributed by atoms with Gasteiger partial charge in [0.25, 0.3) is 0 Å². The largest absolute Gasteiger partial charge is 0.319 e. The average Bonchev–Trinajstić information content (AvgIpc) is 2.33. The van der Waals surface area contributed by atoms with Crippen molar-refractivity contribution in [3.05, 3.63) is 47.5 Å². The standard InChI is InChI=1S/C17H21N/c1-13-4-5-15-11-16(7-6-14(15)10-13)17(12-18-2)8-3-9-17/h4-7,10-11,18H,3,8-9,12H2,1-2H3. The van der Waals surface area contributed by atoms with E-state index < -0.39 is 0 Å². The van der Waals surface area contributed by atoms with E-state index in [-0.39, 0.29) is 0 Å². The van der Waals surface area contributed by atoms with Crippen molar-refractivity contribution >= 4 is 10.8 Å². The zero-order valence-corrected chi connectivity index (χ0v) is 11.3. The van der Waals surface area contributed by atoms with Crippen LogP contribution in [0, 0.1) is 6.92 Å². The van der Waals surface area contributed by atoms with E-state index in [4.69, 9.17) is 0 Å². The predicted molar refractivity (Wildman–Crippen MR) is 78.1 cm³/mol. The molecule has 0 heterocycles. The van der Waals surface area contributed by atoms with Gasteiger partial charge in [-0.3, -0.25) is 0 Å².